The van der Waals surface area contributed by atoms with Gasteiger partial charge >= 0.3 is 11.9 Å². The van der Waals surface area contributed by atoms with E-state index in [1.165, 1.54) is 11.8 Å². The van der Waals surface area contributed by atoms with E-state index in [-0.39, 0.29) is 24.9 Å². The molecule has 1 aromatic heterocycles. The maximum atomic E-state index is 12.5. The summed E-state index contributed by atoms with van der Waals surface area (Å²) in [4.78, 5) is 42.3. The minimum Gasteiger partial charge on any atom is -0.462 e. The van der Waals surface area contributed by atoms with E-state index in [0.717, 1.165) is 22.2 Å². The first kappa shape index (κ1) is 20.1. The first-order chi connectivity index (χ1) is 13.5. The monoisotopic (exact) mass is 402 g/mol. The van der Waals surface area contributed by atoms with Crippen LogP contribution in [0.2, 0.25) is 0 Å². The number of hydrogen-bond acceptors (Lipinski definition) is 7. The number of rotatable bonds is 7. The van der Waals surface area contributed by atoms with Gasteiger partial charge in [0.1, 0.15) is 6.61 Å². The molecule has 1 saturated heterocycles. The summed E-state index contributed by atoms with van der Waals surface area (Å²) in [6.07, 6.45) is 0.105. The molecule has 0 saturated carbocycles. The van der Waals surface area contributed by atoms with Gasteiger partial charge in [0.2, 0.25) is 0 Å². The second kappa shape index (κ2) is 9.05. The van der Waals surface area contributed by atoms with Crippen molar-refractivity contribution in [2.24, 2.45) is 0 Å². The summed E-state index contributed by atoms with van der Waals surface area (Å²) >= 11 is 1.25. The molecule has 0 atom stereocenters. The predicted molar refractivity (Wildman–Crippen MR) is 106 cm³/mol. The molecule has 1 aromatic carbocycles. The molecule has 2 aromatic rings. The standard InChI is InChI=1S/C20H22N2O5S/c1-3-26-19(24)18-13(2)14-6-4-5-7-15(14)21-16(18)12-27-17(23)8-9-22-10-11-28-20(22)25/h4-7H,3,8-12H2,1-2H3. The van der Waals surface area contributed by atoms with E-state index in [2.05, 4.69) is 4.98 Å². The van der Waals surface area contributed by atoms with Crippen molar-refractivity contribution >= 4 is 39.8 Å². The third kappa shape index (κ3) is 4.44. The fourth-order valence-electron chi connectivity index (χ4n) is 3.10. The van der Waals surface area contributed by atoms with E-state index in [0.29, 0.717) is 24.3 Å². The average Bonchev–Trinajstić information content (AvgIpc) is 3.09. The molecular formula is C20H22N2O5S. The van der Waals surface area contributed by atoms with Crippen molar-refractivity contribution in [2.45, 2.75) is 26.9 Å². The van der Waals surface area contributed by atoms with Crippen LogP contribution < -0.4 is 0 Å². The van der Waals surface area contributed by atoms with Crippen LogP contribution in [0.15, 0.2) is 24.3 Å². The van der Waals surface area contributed by atoms with Crippen molar-refractivity contribution in [1.82, 2.24) is 9.88 Å². The summed E-state index contributed by atoms with van der Waals surface area (Å²) in [5.74, 6) is -0.173. The van der Waals surface area contributed by atoms with Gasteiger partial charge in [-0.3, -0.25) is 9.59 Å². The molecule has 8 heteroatoms. The van der Waals surface area contributed by atoms with Crippen LogP contribution in [0.3, 0.4) is 0 Å². The van der Waals surface area contributed by atoms with Gasteiger partial charge in [-0.2, -0.15) is 0 Å². The normalized spacial score (nSPS) is 13.8. The number of nitrogens with zero attached hydrogens (tertiary/aromatic N) is 2. The van der Waals surface area contributed by atoms with Crippen LogP contribution in [-0.4, -0.2) is 52.5 Å². The maximum absolute atomic E-state index is 12.5. The number of carbonyl (C=O) groups excluding carboxylic acids is 3. The van der Waals surface area contributed by atoms with Crippen molar-refractivity contribution in [3.05, 3.63) is 41.1 Å². The molecule has 0 N–H and O–H groups in total. The molecule has 1 fully saturated rings. The number of hydrogen-bond donors (Lipinski definition) is 0. The van der Waals surface area contributed by atoms with Gasteiger partial charge < -0.3 is 14.4 Å². The number of esters is 2. The lowest BCUT2D eigenvalue weighted by molar-refractivity contribution is -0.145. The van der Waals surface area contributed by atoms with Crippen molar-refractivity contribution in [2.75, 3.05) is 25.4 Å². The van der Waals surface area contributed by atoms with E-state index in [1.54, 1.807) is 11.8 Å². The molecule has 1 aliphatic rings. The van der Waals surface area contributed by atoms with E-state index in [1.807, 2.05) is 31.2 Å². The molecular weight excluding hydrogens is 380 g/mol. The highest BCUT2D eigenvalue weighted by Crippen LogP contribution is 2.24. The van der Waals surface area contributed by atoms with E-state index in [9.17, 15) is 14.4 Å². The van der Waals surface area contributed by atoms with E-state index < -0.39 is 11.9 Å². The molecule has 28 heavy (non-hydrogen) atoms. The topological polar surface area (TPSA) is 85.8 Å². The van der Waals surface area contributed by atoms with Gasteiger partial charge in [0.25, 0.3) is 5.24 Å². The van der Waals surface area contributed by atoms with Gasteiger partial charge in [0, 0.05) is 24.2 Å². The Morgan fingerprint density at radius 1 is 1.25 bits per heavy atom. The quantitative estimate of drug-likeness (QED) is 0.657. The Morgan fingerprint density at radius 2 is 2.04 bits per heavy atom. The second-order valence-electron chi connectivity index (χ2n) is 6.31. The number of fused-ring (bicyclic) bond motifs is 1. The molecule has 2 heterocycles. The van der Waals surface area contributed by atoms with Crippen molar-refractivity contribution in [3.8, 4) is 0 Å². The summed E-state index contributed by atoms with van der Waals surface area (Å²) in [5.41, 5.74) is 2.17. The minimum atomic E-state index is -0.482. The third-order valence-electron chi connectivity index (χ3n) is 4.51. The van der Waals surface area contributed by atoms with Crippen LogP contribution in [0.4, 0.5) is 4.79 Å². The number of para-hydroxylation sites is 1. The molecule has 1 aliphatic heterocycles. The molecule has 1 amide bonds. The molecule has 7 nitrogen and oxygen atoms in total. The largest absolute Gasteiger partial charge is 0.462 e. The van der Waals surface area contributed by atoms with Crippen LogP contribution >= 0.6 is 11.8 Å². The zero-order valence-corrected chi connectivity index (χ0v) is 16.7. The number of benzene rings is 1. The van der Waals surface area contributed by atoms with E-state index in [4.69, 9.17) is 9.47 Å². The smallest absolute Gasteiger partial charge is 0.340 e. The Balaban J connectivity index is 1.75. The Hall–Kier alpha value is -2.61. The Morgan fingerprint density at radius 3 is 2.75 bits per heavy atom. The van der Waals surface area contributed by atoms with Crippen LogP contribution in [0.25, 0.3) is 10.9 Å². The van der Waals surface area contributed by atoms with Gasteiger partial charge in [-0.15, -0.1) is 0 Å². The van der Waals surface area contributed by atoms with Gasteiger partial charge in [0.15, 0.2) is 0 Å². The second-order valence-corrected chi connectivity index (χ2v) is 7.35. The Kier molecular flexibility index (Phi) is 6.51. The van der Waals surface area contributed by atoms with Crippen LogP contribution in [0, 0.1) is 6.92 Å². The van der Waals surface area contributed by atoms with Crippen molar-refractivity contribution in [1.29, 1.82) is 0 Å². The molecule has 0 bridgehead atoms. The number of carbonyl (C=O) groups is 3. The minimum absolute atomic E-state index is 0.00998. The Bertz CT molecular complexity index is 915. The zero-order valence-electron chi connectivity index (χ0n) is 15.9. The third-order valence-corrected chi connectivity index (χ3v) is 5.40. The van der Waals surface area contributed by atoms with E-state index >= 15 is 0 Å². The summed E-state index contributed by atoms with van der Waals surface area (Å²) in [6.45, 7) is 4.67. The first-order valence-electron chi connectivity index (χ1n) is 9.14. The highest BCUT2D eigenvalue weighted by atomic mass is 32.2. The molecule has 148 valence electrons. The van der Waals surface area contributed by atoms with Gasteiger partial charge in [-0.25, -0.2) is 9.78 Å². The SMILES string of the molecule is CCOC(=O)c1c(COC(=O)CCN2CCSC2=O)nc2ccccc2c1C. The van der Waals surface area contributed by atoms with Crippen LogP contribution in [-0.2, 0) is 20.9 Å². The number of ether oxygens (including phenoxy) is 2. The van der Waals surface area contributed by atoms with Crippen molar-refractivity contribution < 1.29 is 23.9 Å². The number of aryl methyl sites for hydroxylation is 1. The summed E-state index contributed by atoms with van der Waals surface area (Å²) in [5, 5.41) is 0.842. The van der Waals surface area contributed by atoms with Crippen LogP contribution in [0.5, 0.6) is 0 Å². The lowest BCUT2D eigenvalue weighted by Gasteiger charge is -2.15. The molecule has 0 spiro atoms. The fourth-order valence-corrected chi connectivity index (χ4v) is 3.95. The van der Waals surface area contributed by atoms with Crippen molar-refractivity contribution in [3.63, 3.8) is 0 Å². The highest BCUT2D eigenvalue weighted by Gasteiger charge is 2.23. The Labute approximate surface area is 167 Å². The summed E-state index contributed by atoms with van der Waals surface area (Å²) in [6, 6.07) is 7.48. The summed E-state index contributed by atoms with van der Waals surface area (Å²) < 4.78 is 10.5. The average molecular weight is 402 g/mol. The van der Waals surface area contributed by atoms with Gasteiger partial charge in [-0.05, 0) is 25.5 Å². The lowest BCUT2D eigenvalue weighted by atomic mass is 10.0. The zero-order chi connectivity index (χ0) is 20.1. The number of pyridine rings is 1. The number of aromatic nitrogens is 1. The fraction of sp³-hybridized carbons (Fsp3) is 0.400. The van der Waals surface area contributed by atoms with Gasteiger partial charge in [-0.1, -0.05) is 30.0 Å². The highest BCUT2D eigenvalue weighted by molar-refractivity contribution is 8.13. The maximum Gasteiger partial charge on any atom is 0.340 e. The molecule has 0 aliphatic carbocycles. The molecule has 3 rings (SSSR count). The summed E-state index contributed by atoms with van der Waals surface area (Å²) in [7, 11) is 0. The number of amides is 1. The predicted octanol–water partition coefficient (Wildman–Crippen LogP) is 3.32. The lowest BCUT2D eigenvalue weighted by Crippen LogP contribution is -2.26. The first-order valence-corrected chi connectivity index (χ1v) is 10.1. The molecule has 0 radical (unpaired) electrons. The van der Waals surface area contributed by atoms with Gasteiger partial charge in [0.05, 0.1) is 29.8 Å². The van der Waals surface area contributed by atoms with Crippen LogP contribution in [0.1, 0.15) is 35.0 Å². The molecule has 0 unspecified atom stereocenters. The number of thioether (sulfide) groups is 1.